The number of carbonyl (C=O) groups excluding carboxylic acids is 1. The Kier molecular flexibility index (Phi) is 10.3. The first-order valence-electron chi connectivity index (χ1n) is 11.2. The third-order valence-electron chi connectivity index (χ3n) is 5.10. The Hall–Kier alpha value is -2.29. The summed E-state index contributed by atoms with van der Waals surface area (Å²) in [5.74, 6) is 0.661. The minimum Gasteiger partial charge on any atom is -0.494 e. The molecule has 0 saturated heterocycles. The Labute approximate surface area is 176 Å². The quantitative estimate of drug-likeness (QED) is 0.261. The lowest BCUT2D eigenvalue weighted by Gasteiger charge is -2.13. The van der Waals surface area contributed by atoms with E-state index < -0.39 is 0 Å². The van der Waals surface area contributed by atoms with Gasteiger partial charge in [0.25, 0.3) is 0 Å². The molecule has 0 aromatic heterocycles. The Balaban J connectivity index is 1.83. The molecule has 0 bridgehead atoms. The molecular formula is C26H36O3. The lowest BCUT2D eigenvalue weighted by molar-refractivity contribution is 0.0320. The predicted octanol–water partition coefficient (Wildman–Crippen LogP) is 7.44. The molecule has 2 rings (SSSR count). The van der Waals surface area contributed by atoms with Gasteiger partial charge < -0.3 is 9.47 Å². The number of hydrogen-bond donors (Lipinski definition) is 0. The van der Waals surface area contributed by atoms with Crippen molar-refractivity contribution < 1.29 is 14.3 Å². The molecule has 29 heavy (non-hydrogen) atoms. The molecule has 0 saturated carbocycles. The Morgan fingerprint density at radius 3 is 2.00 bits per heavy atom. The second-order valence-corrected chi connectivity index (χ2v) is 7.72. The summed E-state index contributed by atoms with van der Waals surface area (Å²) in [6, 6.07) is 15.8. The van der Waals surface area contributed by atoms with Gasteiger partial charge in [0.1, 0.15) is 5.75 Å². The van der Waals surface area contributed by atoms with Gasteiger partial charge in [0.2, 0.25) is 0 Å². The van der Waals surface area contributed by atoms with Crippen LogP contribution in [0.3, 0.4) is 0 Å². The summed E-state index contributed by atoms with van der Waals surface area (Å²) < 4.78 is 11.3. The van der Waals surface area contributed by atoms with Crippen LogP contribution in [0.4, 0.5) is 0 Å². The van der Waals surface area contributed by atoms with Gasteiger partial charge in [-0.15, -0.1) is 0 Å². The van der Waals surface area contributed by atoms with E-state index in [1.165, 1.54) is 25.7 Å². The third-order valence-corrected chi connectivity index (χ3v) is 5.10. The zero-order valence-corrected chi connectivity index (χ0v) is 18.3. The molecule has 0 aliphatic carbocycles. The maximum absolute atomic E-state index is 12.3. The highest BCUT2D eigenvalue weighted by Crippen LogP contribution is 2.23. The number of benzene rings is 2. The summed E-state index contributed by atoms with van der Waals surface area (Å²) in [5, 5.41) is 0. The second kappa shape index (κ2) is 13.0. The standard InChI is InChI=1S/C26H36O3/c1-4-6-8-9-10-20-28-25-18-16-23(17-19-25)22-12-14-24(15-13-22)26(27)29-21(3)11-7-5-2/h12-19,21H,4-11,20H2,1-3H3. The highest BCUT2D eigenvalue weighted by molar-refractivity contribution is 5.90. The molecule has 2 aromatic carbocycles. The highest BCUT2D eigenvalue weighted by atomic mass is 16.5. The van der Waals surface area contributed by atoms with E-state index in [0.717, 1.165) is 49.2 Å². The van der Waals surface area contributed by atoms with Gasteiger partial charge in [0.05, 0.1) is 18.3 Å². The molecule has 3 nitrogen and oxygen atoms in total. The highest BCUT2D eigenvalue weighted by Gasteiger charge is 2.12. The van der Waals surface area contributed by atoms with E-state index in [1.807, 2.05) is 43.3 Å². The van der Waals surface area contributed by atoms with Gasteiger partial charge in [0.15, 0.2) is 0 Å². The van der Waals surface area contributed by atoms with E-state index in [1.54, 1.807) is 0 Å². The number of rotatable bonds is 13. The fraction of sp³-hybridized carbons (Fsp3) is 0.500. The molecule has 0 heterocycles. The SMILES string of the molecule is CCCCCCCOc1ccc(-c2ccc(C(=O)OC(C)CCCC)cc2)cc1. The fourth-order valence-electron chi connectivity index (χ4n) is 3.24. The van der Waals surface area contributed by atoms with Crippen molar-refractivity contribution in [3.8, 4) is 16.9 Å². The molecule has 0 spiro atoms. The maximum atomic E-state index is 12.3. The molecule has 1 atom stereocenters. The number of esters is 1. The normalized spacial score (nSPS) is 11.8. The van der Waals surface area contributed by atoms with Crippen LogP contribution >= 0.6 is 0 Å². The van der Waals surface area contributed by atoms with E-state index in [-0.39, 0.29) is 12.1 Å². The van der Waals surface area contributed by atoms with Crippen molar-refractivity contribution in [3.05, 3.63) is 54.1 Å². The van der Waals surface area contributed by atoms with Crippen molar-refractivity contribution in [2.75, 3.05) is 6.61 Å². The van der Waals surface area contributed by atoms with Crippen LogP contribution < -0.4 is 4.74 Å². The van der Waals surface area contributed by atoms with Crippen molar-refractivity contribution in [3.63, 3.8) is 0 Å². The first kappa shape index (κ1) is 23.0. The van der Waals surface area contributed by atoms with Gasteiger partial charge >= 0.3 is 5.97 Å². The number of hydrogen-bond acceptors (Lipinski definition) is 3. The summed E-state index contributed by atoms with van der Waals surface area (Å²) >= 11 is 0. The van der Waals surface area contributed by atoms with E-state index in [2.05, 4.69) is 26.0 Å². The fourth-order valence-corrected chi connectivity index (χ4v) is 3.24. The zero-order chi connectivity index (χ0) is 20.9. The molecular weight excluding hydrogens is 360 g/mol. The maximum Gasteiger partial charge on any atom is 0.338 e. The predicted molar refractivity (Wildman–Crippen MR) is 121 cm³/mol. The van der Waals surface area contributed by atoms with Gasteiger partial charge in [-0.1, -0.05) is 76.6 Å². The Morgan fingerprint density at radius 2 is 1.38 bits per heavy atom. The first-order valence-corrected chi connectivity index (χ1v) is 11.2. The van der Waals surface area contributed by atoms with Crippen LogP contribution in [0.25, 0.3) is 11.1 Å². The van der Waals surface area contributed by atoms with Crippen LogP contribution in [0, 0.1) is 0 Å². The van der Waals surface area contributed by atoms with Gasteiger partial charge in [-0.3, -0.25) is 0 Å². The topological polar surface area (TPSA) is 35.5 Å². The zero-order valence-electron chi connectivity index (χ0n) is 18.3. The largest absolute Gasteiger partial charge is 0.494 e. The van der Waals surface area contributed by atoms with Gasteiger partial charge in [-0.05, 0) is 55.2 Å². The summed E-state index contributed by atoms with van der Waals surface area (Å²) in [6.07, 6.45) is 9.26. The third kappa shape index (κ3) is 8.31. The molecule has 1 unspecified atom stereocenters. The van der Waals surface area contributed by atoms with E-state index in [9.17, 15) is 4.79 Å². The Morgan fingerprint density at radius 1 is 0.793 bits per heavy atom. The number of carbonyl (C=O) groups is 1. The average Bonchev–Trinajstić information content (AvgIpc) is 2.75. The Bertz CT molecular complexity index is 704. The number of unbranched alkanes of at least 4 members (excludes halogenated alkanes) is 5. The van der Waals surface area contributed by atoms with E-state index >= 15 is 0 Å². The van der Waals surface area contributed by atoms with Crippen LogP contribution in [0.2, 0.25) is 0 Å². The minimum atomic E-state index is -0.247. The molecule has 2 aromatic rings. The molecule has 0 aliphatic heterocycles. The van der Waals surface area contributed by atoms with Gasteiger partial charge in [0, 0.05) is 0 Å². The molecule has 0 N–H and O–H groups in total. The van der Waals surface area contributed by atoms with Crippen molar-refractivity contribution in [1.82, 2.24) is 0 Å². The summed E-state index contributed by atoms with van der Waals surface area (Å²) in [7, 11) is 0. The molecule has 3 heteroatoms. The van der Waals surface area contributed by atoms with E-state index in [4.69, 9.17) is 9.47 Å². The van der Waals surface area contributed by atoms with Crippen LogP contribution in [-0.4, -0.2) is 18.7 Å². The van der Waals surface area contributed by atoms with Crippen LogP contribution in [0.15, 0.2) is 48.5 Å². The number of ether oxygens (including phenoxy) is 2. The molecule has 158 valence electrons. The molecule has 0 aliphatic rings. The summed E-state index contributed by atoms with van der Waals surface area (Å²) in [5.41, 5.74) is 2.78. The molecule has 0 radical (unpaired) electrons. The van der Waals surface area contributed by atoms with Crippen molar-refractivity contribution in [2.45, 2.75) is 78.2 Å². The van der Waals surface area contributed by atoms with Crippen LogP contribution in [-0.2, 0) is 4.74 Å². The average molecular weight is 397 g/mol. The van der Waals surface area contributed by atoms with Gasteiger partial charge in [-0.2, -0.15) is 0 Å². The van der Waals surface area contributed by atoms with Crippen molar-refractivity contribution in [1.29, 1.82) is 0 Å². The minimum absolute atomic E-state index is 0.0404. The molecule has 0 amide bonds. The van der Waals surface area contributed by atoms with Crippen molar-refractivity contribution >= 4 is 5.97 Å². The van der Waals surface area contributed by atoms with E-state index in [0.29, 0.717) is 5.56 Å². The lowest BCUT2D eigenvalue weighted by atomic mass is 10.0. The smallest absolute Gasteiger partial charge is 0.338 e. The first-order chi connectivity index (χ1) is 14.1. The van der Waals surface area contributed by atoms with Crippen molar-refractivity contribution in [2.24, 2.45) is 0 Å². The van der Waals surface area contributed by atoms with Crippen LogP contribution in [0.1, 0.15) is 82.5 Å². The van der Waals surface area contributed by atoms with Crippen LogP contribution in [0.5, 0.6) is 5.75 Å². The second-order valence-electron chi connectivity index (χ2n) is 7.72. The lowest BCUT2D eigenvalue weighted by Crippen LogP contribution is -2.14. The van der Waals surface area contributed by atoms with Gasteiger partial charge in [-0.25, -0.2) is 4.79 Å². The summed E-state index contributed by atoms with van der Waals surface area (Å²) in [4.78, 5) is 12.3. The summed E-state index contributed by atoms with van der Waals surface area (Å²) in [6.45, 7) is 7.10. The molecule has 0 fully saturated rings. The monoisotopic (exact) mass is 396 g/mol.